The molecule has 0 spiro atoms. The summed E-state index contributed by atoms with van der Waals surface area (Å²) in [5, 5.41) is 5.04. The molecule has 1 aromatic heterocycles. The molecule has 1 aromatic rings. The highest BCUT2D eigenvalue weighted by atomic mass is 32.2. The molecular formula is C15H26N2S2. The Morgan fingerprint density at radius 2 is 2.11 bits per heavy atom. The number of aryl methyl sites for hydroxylation is 2. The molecule has 0 aromatic carbocycles. The maximum Gasteiger partial charge on any atom is 0.110 e. The van der Waals surface area contributed by atoms with Crippen molar-refractivity contribution in [2.24, 2.45) is 0 Å². The Morgan fingerprint density at radius 1 is 1.32 bits per heavy atom. The highest BCUT2D eigenvalue weighted by Gasteiger charge is 2.21. The summed E-state index contributed by atoms with van der Waals surface area (Å²) in [5.74, 6) is 1.25. The van der Waals surface area contributed by atoms with Gasteiger partial charge in [0.2, 0.25) is 0 Å². The third kappa shape index (κ3) is 4.47. The van der Waals surface area contributed by atoms with Gasteiger partial charge in [0.05, 0.1) is 11.7 Å². The number of nitrogens with zero attached hydrogens (tertiary/aromatic N) is 1. The molecule has 0 aliphatic heterocycles. The first kappa shape index (κ1) is 15.3. The van der Waals surface area contributed by atoms with Crippen LogP contribution in [0, 0.1) is 0 Å². The Bertz CT molecular complexity index is 364. The minimum atomic E-state index is 0.461. The average molecular weight is 299 g/mol. The van der Waals surface area contributed by atoms with Gasteiger partial charge in [0.1, 0.15) is 5.01 Å². The molecule has 1 unspecified atom stereocenters. The summed E-state index contributed by atoms with van der Waals surface area (Å²) in [6.07, 6.45) is 9.81. The number of rotatable bonds is 7. The van der Waals surface area contributed by atoms with E-state index >= 15 is 0 Å². The van der Waals surface area contributed by atoms with Crippen LogP contribution >= 0.6 is 23.1 Å². The summed E-state index contributed by atoms with van der Waals surface area (Å²) in [5.41, 5.74) is 1.40. The lowest BCUT2D eigenvalue weighted by atomic mass is 10.0. The Hall–Kier alpha value is -0.0600. The van der Waals surface area contributed by atoms with E-state index in [4.69, 9.17) is 4.98 Å². The van der Waals surface area contributed by atoms with Crippen molar-refractivity contribution in [1.82, 2.24) is 10.3 Å². The third-order valence-corrected chi connectivity index (χ3v) is 5.50. The molecule has 2 nitrogen and oxygen atoms in total. The topological polar surface area (TPSA) is 24.9 Å². The molecule has 0 fully saturated rings. The van der Waals surface area contributed by atoms with Crippen molar-refractivity contribution in [2.75, 3.05) is 12.0 Å². The Morgan fingerprint density at radius 3 is 2.79 bits per heavy atom. The van der Waals surface area contributed by atoms with Gasteiger partial charge in [0.25, 0.3) is 0 Å². The third-order valence-electron chi connectivity index (χ3n) is 3.54. The van der Waals surface area contributed by atoms with Gasteiger partial charge in [-0.1, -0.05) is 13.8 Å². The summed E-state index contributed by atoms with van der Waals surface area (Å²) in [6, 6.07) is 0.989. The molecule has 4 heteroatoms. The molecule has 0 saturated carbocycles. The predicted molar refractivity (Wildman–Crippen MR) is 87.4 cm³/mol. The maximum absolute atomic E-state index is 4.93. The first-order chi connectivity index (χ1) is 9.20. The molecule has 2 rings (SSSR count). The SMILES string of the molecule is CSCCCC(NC(C)C)c1nc2c(s1)CCCC2. The van der Waals surface area contributed by atoms with Gasteiger partial charge < -0.3 is 5.32 Å². The van der Waals surface area contributed by atoms with Crippen LogP contribution < -0.4 is 5.32 Å². The van der Waals surface area contributed by atoms with E-state index in [2.05, 4.69) is 25.4 Å². The fraction of sp³-hybridized carbons (Fsp3) is 0.800. The lowest BCUT2D eigenvalue weighted by molar-refractivity contribution is 0.447. The molecule has 0 amide bonds. The number of fused-ring (bicyclic) bond motifs is 1. The van der Waals surface area contributed by atoms with E-state index in [-0.39, 0.29) is 0 Å². The first-order valence-corrected chi connectivity index (χ1v) is 9.65. The number of hydrogen-bond donors (Lipinski definition) is 1. The van der Waals surface area contributed by atoms with Gasteiger partial charge in [-0.15, -0.1) is 11.3 Å². The van der Waals surface area contributed by atoms with Crippen LogP contribution in [0.5, 0.6) is 0 Å². The highest BCUT2D eigenvalue weighted by molar-refractivity contribution is 7.98. The smallest absolute Gasteiger partial charge is 0.110 e. The van der Waals surface area contributed by atoms with Crippen LogP contribution in [0.4, 0.5) is 0 Å². The standard InChI is InChI=1S/C15H26N2S2/c1-11(2)16-13(8-6-10-18-3)15-17-12-7-4-5-9-14(12)19-15/h11,13,16H,4-10H2,1-3H3. The predicted octanol–water partition coefficient (Wildman–Crippen LogP) is 4.20. The van der Waals surface area contributed by atoms with E-state index < -0.39 is 0 Å². The van der Waals surface area contributed by atoms with Crippen LogP contribution in [0.25, 0.3) is 0 Å². The number of thioether (sulfide) groups is 1. The Balaban J connectivity index is 2.05. The highest BCUT2D eigenvalue weighted by Crippen LogP contribution is 2.31. The molecule has 0 bridgehead atoms. The normalized spacial score (nSPS) is 16.6. The van der Waals surface area contributed by atoms with Crippen molar-refractivity contribution < 1.29 is 0 Å². The maximum atomic E-state index is 4.93. The summed E-state index contributed by atoms with van der Waals surface area (Å²) < 4.78 is 0. The lowest BCUT2D eigenvalue weighted by Gasteiger charge is -2.19. The van der Waals surface area contributed by atoms with Gasteiger partial charge in [0.15, 0.2) is 0 Å². The monoisotopic (exact) mass is 298 g/mol. The minimum Gasteiger partial charge on any atom is -0.306 e. The van der Waals surface area contributed by atoms with E-state index in [0.29, 0.717) is 12.1 Å². The number of aromatic nitrogens is 1. The van der Waals surface area contributed by atoms with E-state index in [1.807, 2.05) is 23.1 Å². The van der Waals surface area contributed by atoms with Crippen molar-refractivity contribution in [1.29, 1.82) is 0 Å². The van der Waals surface area contributed by atoms with Gasteiger partial charge in [-0.3, -0.25) is 0 Å². The van der Waals surface area contributed by atoms with E-state index in [0.717, 1.165) is 0 Å². The second-order valence-corrected chi connectivity index (χ2v) is 7.74. The molecule has 0 radical (unpaired) electrons. The molecule has 108 valence electrons. The fourth-order valence-electron chi connectivity index (χ4n) is 2.63. The van der Waals surface area contributed by atoms with Crippen molar-refractivity contribution in [3.05, 3.63) is 15.6 Å². The average Bonchev–Trinajstić information content (AvgIpc) is 2.81. The van der Waals surface area contributed by atoms with Crippen molar-refractivity contribution in [2.45, 2.75) is 64.5 Å². The summed E-state index contributed by atoms with van der Waals surface area (Å²) in [4.78, 5) is 6.49. The Kier molecular flexibility index (Phi) is 6.17. The van der Waals surface area contributed by atoms with Gasteiger partial charge >= 0.3 is 0 Å². The minimum absolute atomic E-state index is 0.461. The fourth-order valence-corrected chi connectivity index (χ4v) is 4.34. The van der Waals surface area contributed by atoms with Gasteiger partial charge in [-0.05, 0) is 50.5 Å². The van der Waals surface area contributed by atoms with Gasteiger partial charge in [-0.25, -0.2) is 4.98 Å². The molecule has 1 atom stereocenters. The van der Waals surface area contributed by atoms with Crippen molar-refractivity contribution in [3.63, 3.8) is 0 Å². The Labute approximate surface area is 125 Å². The lowest BCUT2D eigenvalue weighted by Crippen LogP contribution is -2.28. The molecule has 1 aliphatic rings. The zero-order valence-electron chi connectivity index (χ0n) is 12.4. The number of thiazole rings is 1. The molecule has 0 saturated heterocycles. The van der Waals surface area contributed by atoms with Crippen LogP contribution in [-0.4, -0.2) is 23.0 Å². The van der Waals surface area contributed by atoms with E-state index in [9.17, 15) is 0 Å². The molecule has 19 heavy (non-hydrogen) atoms. The zero-order chi connectivity index (χ0) is 13.7. The van der Waals surface area contributed by atoms with Crippen LogP contribution in [0.3, 0.4) is 0 Å². The second kappa shape index (κ2) is 7.65. The van der Waals surface area contributed by atoms with Crippen LogP contribution in [0.15, 0.2) is 0 Å². The van der Waals surface area contributed by atoms with E-state index in [1.54, 1.807) is 4.88 Å². The summed E-state index contributed by atoms with van der Waals surface area (Å²) in [7, 11) is 0. The molecule has 1 heterocycles. The largest absolute Gasteiger partial charge is 0.306 e. The zero-order valence-corrected chi connectivity index (χ0v) is 14.0. The molecule has 1 aliphatic carbocycles. The quantitative estimate of drug-likeness (QED) is 0.764. The first-order valence-electron chi connectivity index (χ1n) is 7.44. The number of hydrogen-bond acceptors (Lipinski definition) is 4. The number of nitrogens with one attached hydrogen (secondary N) is 1. The van der Waals surface area contributed by atoms with Gasteiger partial charge in [0, 0.05) is 10.9 Å². The van der Waals surface area contributed by atoms with Crippen molar-refractivity contribution >= 4 is 23.1 Å². The van der Waals surface area contributed by atoms with Crippen LogP contribution in [0.2, 0.25) is 0 Å². The molecular weight excluding hydrogens is 272 g/mol. The molecule has 1 N–H and O–H groups in total. The summed E-state index contributed by atoms with van der Waals surface area (Å²) in [6.45, 7) is 4.46. The van der Waals surface area contributed by atoms with E-state index in [1.165, 1.54) is 55.0 Å². The summed E-state index contributed by atoms with van der Waals surface area (Å²) >= 11 is 3.90. The second-order valence-electron chi connectivity index (χ2n) is 5.64. The van der Waals surface area contributed by atoms with Crippen molar-refractivity contribution in [3.8, 4) is 0 Å². The van der Waals surface area contributed by atoms with Crippen LogP contribution in [0.1, 0.15) is 61.2 Å². The van der Waals surface area contributed by atoms with Crippen LogP contribution in [-0.2, 0) is 12.8 Å². The van der Waals surface area contributed by atoms with Gasteiger partial charge in [-0.2, -0.15) is 11.8 Å².